The fourth-order valence-corrected chi connectivity index (χ4v) is 6.24. The van der Waals surface area contributed by atoms with E-state index in [-0.39, 0.29) is 11.2 Å². The summed E-state index contributed by atoms with van der Waals surface area (Å²) in [5, 5.41) is 0.118. The average Bonchev–Trinajstić information content (AvgIpc) is 3.06. The number of nitrogens with zero attached hydrogens (tertiary/aromatic N) is 2. The molecule has 0 spiro atoms. The predicted octanol–water partition coefficient (Wildman–Crippen LogP) is 5.01. The van der Waals surface area contributed by atoms with Gasteiger partial charge in [-0.2, -0.15) is 0 Å². The molecule has 0 saturated carbocycles. The summed E-state index contributed by atoms with van der Waals surface area (Å²) < 4.78 is 11.1. The van der Waals surface area contributed by atoms with Crippen LogP contribution in [0.25, 0.3) is 0 Å². The van der Waals surface area contributed by atoms with Gasteiger partial charge < -0.3 is 9.47 Å². The third-order valence-corrected chi connectivity index (χ3v) is 8.10. The number of hydrogen-bond acceptors (Lipinski definition) is 6. The maximum Gasteiger partial charge on any atom is 0.337 e. The predicted molar refractivity (Wildman–Crippen MR) is 141 cm³/mol. The third kappa shape index (κ3) is 5.72. The largest absolute Gasteiger partial charge is 0.489 e. The smallest absolute Gasteiger partial charge is 0.337 e. The standard InChI is InChI=1S/C29H32N2O3S/c1-33-29(32)23-11-12-27-26(19-23)28(25-10-6-5-9-24(25)21-34-27)35-18-17-30-13-15-31(16-14-30)20-22-7-3-2-4-8-22/h2-12,19,28H,13-18,20-21H2,1H3. The van der Waals surface area contributed by atoms with Crippen molar-refractivity contribution in [3.05, 3.63) is 101 Å². The molecule has 5 rings (SSSR count). The average molecular weight is 489 g/mol. The molecule has 1 fully saturated rings. The Morgan fingerprint density at radius 2 is 1.69 bits per heavy atom. The van der Waals surface area contributed by atoms with E-state index in [1.165, 1.54) is 23.8 Å². The van der Waals surface area contributed by atoms with E-state index in [2.05, 4.69) is 64.4 Å². The molecule has 0 radical (unpaired) electrons. The van der Waals surface area contributed by atoms with Gasteiger partial charge in [0.1, 0.15) is 12.4 Å². The van der Waals surface area contributed by atoms with Crippen LogP contribution in [0.3, 0.4) is 0 Å². The normalized spacial score (nSPS) is 18.1. The molecular formula is C29H32N2O3S. The quantitative estimate of drug-likeness (QED) is 0.436. The highest BCUT2D eigenvalue weighted by Gasteiger charge is 2.27. The second kappa shape index (κ2) is 11.3. The molecule has 35 heavy (non-hydrogen) atoms. The van der Waals surface area contributed by atoms with Crippen LogP contribution in [0, 0.1) is 0 Å². The van der Waals surface area contributed by atoms with Crippen LogP contribution in [0.1, 0.15) is 37.9 Å². The van der Waals surface area contributed by atoms with Crippen LogP contribution in [0.2, 0.25) is 0 Å². The van der Waals surface area contributed by atoms with E-state index in [0.29, 0.717) is 12.2 Å². The lowest BCUT2D eigenvalue weighted by molar-refractivity contribution is 0.0600. The third-order valence-electron chi connectivity index (χ3n) is 6.84. The van der Waals surface area contributed by atoms with Crippen LogP contribution < -0.4 is 4.74 Å². The van der Waals surface area contributed by atoms with Crippen LogP contribution in [0.5, 0.6) is 5.75 Å². The number of methoxy groups -OCH3 is 1. The molecule has 3 aromatic rings. The molecule has 6 heteroatoms. The number of rotatable bonds is 7. The fourth-order valence-electron chi connectivity index (χ4n) is 4.87. The Morgan fingerprint density at radius 3 is 2.49 bits per heavy atom. The summed E-state index contributed by atoms with van der Waals surface area (Å²) in [6.45, 7) is 7.02. The van der Waals surface area contributed by atoms with Gasteiger partial charge in [-0.05, 0) is 34.9 Å². The summed E-state index contributed by atoms with van der Waals surface area (Å²) in [6.07, 6.45) is 0. The number of carbonyl (C=O) groups is 1. The molecule has 0 aromatic heterocycles. The lowest BCUT2D eigenvalue weighted by Gasteiger charge is -2.35. The molecule has 0 N–H and O–H groups in total. The molecule has 5 nitrogen and oxygen atoms in total. The number of hydrogen-bond donors (Lipinski definition) is 0. The summed E-state index contributed by atoms with van der Waals surface area (Å²) in [5.74, 6) is 1.54. The van der Waals surface area contributed by atoms with E-state index in [4.69, 9.17) is 9.47 Å². The summed E-state index contributed by atoms with van der Waals surface area (Å²) in [7, 11) is 1.42. The summed E-state index contributed by atoms with van der Waals surface area (Å²) >= 11 is 1.93. The topological polar surface area (TPSA) is 42.0 Å². The molecule has 0 bridgehead atoms. The van der Waals surface area contributed by atoms with Gasteiger partial charge in [0.25, 0.3) is 0 Å². The zero-order valence-electron chi connectivity index (χ0n) is 20.2. The first-order chi connectivity index (χ1) is 17.2. The molecule has 1 atom stereocenters. The monoisotopic (exact) mass is 488 g/mol. The lowest BCUT2D eigenvalue weighted by atomic mass is 9.98. The van der Waals surface area contributed by atoms with Gasteiger partial charge in [0.05, 0.1) is 17.9 Å². The van der Waals surface area contributed by atoms with E-state index >= 15 is 0 Å². The van der Waals surface area contributed by atoms with Gasteiger partial charge in [-0.25, -0.2) is 4.79 Å². The maximum absolute atomic E-state index is 12.2. The molecule has 1 unspecified atom stereocenters. The van der Waals surface area contributed by atoms with Gasteiger partial charge in [0, 0.05) is 50.6 Å². The molecular weight excluding hydrogens is 456 g/mol. The van der Waals surface area contributed by atoms with Crippen LogP contribution in [0.4, 0.5) is 0 Å². The Bertz CT molecular complexity index is 1150. The van der Waals surface area contributed by atoms with Crippen molar-refractivity contribution in [3.8, 4) is 5.75 Å². The Labute approximate surface area is 212 Å². The van der Waals surface area contributed by atoms with Crippen molar-refractivity contribution in [1.29, 1.82) is 0 Å². The molecule has 0 aliphatic carbocycles. The fraction of sp³-hybridized carbons (Fsp3) is 0.345. The van der Waals surface area contributed by atoms with E-state index in [1.54, 1.807) is 6.07 Å². The Balaban J connectivity index is 1.24. The van der Waals surface area contributed by atoms with Gasteiger partial charge in [0.2, 0.25) is 0 Å². The minimum absolute atomic E-state index is 0.118. The van der Waals surface area contributed by atoms with Crippen LogP contribution in [-0.4, -0.2) is 61.4 Å². The molecule has 2 heterocycles. The van der Waals surface area contributed by atoms with Crippen molar-refractivity contribution in [2.45, 2.75) is 18.4 Å². The van der Waals surface area contributed by atoms with Crippen molar-refractivity contribution in [1.82, 2.24) is 9.80 Å². The highest BCUT2D eigenvalue weighted by molar-refractivity contribution is 7.99. The molecule has 1 saturated heterocycles. The van der Waals surface area contributed by atoms with Crippen molar-refractivity contribution in [3.63, 3.8) is 0 Å². The highest BCUT2D eigenvalue weighted by Crippen LogP contribution is 2.44. The number of benzene rings is 3. The minimum atomic E-state index is -0.317. The summed E-state index contributed by atoms with van der Waals surface area (Å²) in [6, 6.07) is 24.9. The summed E-state index contributed by atoms with van der Waals surface area (Å²) in [5.41, 5.74) is 5.47. The number of carbonyl (C=O) groups excluding carboxylic acids is 1. The molecule has 2 aliphatic heterocycles. The van der Waals surface area contributed by atoms with E-state index in [1.807, 2.05) is 23.9 Å². The second-order valence-corrected chi connectivity index (χ2v) is 10.3. The van der Waals surface area contributed by atoms with Crippen molar-refractivity contribution in [2.24, 2.45) is 0 Å². The van der Waals surface area contributed by atoms with Crippen molar-refractivity contribution in [2.75, 3.05) is 45.6 Å². The Hall–Kier alpha value is -2.80. The van der Waals surface area contributed by atoms with Gasteiger partial charge in [-0.1, -0.05) is 54.6 Å². The first-order valence-electron chi connectivity index (χ1n) is 12.2. The number of esters is 1. The first-order valence-corrected chi connectivity index (χ1v) is 13.3. The number of fused-ring (bicyclic) bond motifs is 2. The molecule has 3 aromatic carbocycles. The lowest BCUT2D eigenvalue weighted by Crippen LogP contribution is -2.46. The first kappa shape index (κ1) is 23.9. The van der Waals surface area contributed by atoms with Crippen LogP contribution >= 0.6 is 11.8 Å². The van der Waals surface area contributed by atoms with Gasteiger partial charge in [-0.15, -0.1) is 11.8 Å². The number of ether oxygens (including phenoxy) is 2. The van der Waals surface area contributed by atoms with E-state index in [9.17, 15) is 4.79 Å². The number of piperazine rings is 1. The zero-order valence-corrected chi connectivity index (χ0v) is 21.0. The van der Waals surface area contributed by atoms with Crippen LogP contribution in [-0.2, 0) is 17.9 Å². The minimum Gasteiger partial charge on any atom is -0.489 e. The number of thioether (sulfide) groups is 1. The highest BCUT2D eigenvalue weighted by atomic mass is 32.2. The SMILES string of the molecule is COC(=O)c1ccc2c(c1)C(SCCN1CCN(Cc3ccccc3)CC1)c1ccccc1CO2. The van der Waals surface area contributed by atoms with E-state index in [0.717, 1.165) is 56.3 Å². The Kier molecular flexibility index (Phi) is 7.72. The molecule has 0 amide bonds. The van der Waals surface area contributed by atoms with Gasteiger partial charge >= 0.3 is 5.97 Å². The maximum atomic E-state index is 12.2. The summed E-state index contributed by atoms with van der Waals surface area (Å²) in [4.78, 5) is 17.3. The molecule has 182 valence electrons. The van der Waals surface area contributed by atoms with Crippen LogP contribution in [0.15, 0.2) is 72.8 Å². The van der Waals surface area contributed by atoms with Crippen molar-refractivity contribution < 1.29 is 14.3 Å². The molecule has 2 aliphatic rings. The van der Waals surface area contributed by atoms with Crippen molar-refractivity contribution >= 4 is 17.7 Å². The Morgan fingerprint density at radius 1 is 0.943 bits per heavy atom. The van der Waals surface area contributed by atoms with E-state index < -0.39 is 0 Å². The van der Waals surface area contributed by atoms with Gasteiger partial charge in [0.15, 0.2) is 0 Å². The zero-order chi connectivity index (χ0) is 24.0. The second-order valence-electron chi connectivity index (χ2n) is 9.09. The van der Waals surface area contributed by atoms with Gasteiger partial charge in [-0.3, -0.25) is 9.80 Å².